The highest BCUT2D eigenvalue weighted by Gasteiger charge is 2.27. The van der Waals surface area contributed by atoms with Crippen molar-refractivity contribution in [1.29, 1.82) is 0 Å². The number of furan rings is 1. The molecule has 0 atom stereocenters. The maximum absolute atomic E-state index is 13.8. The maximum Gasteiger partial charge on any atom is 0.232 e. The van der Waals surface area contributed by atoms with Crippen molar-refractivity contribution in [2.24, 2.45) is 0 Å². The van der Waals surface area contributed by atoms with Gasteiger partial charge in [-0.05, 0) is 49.2 Å². The number of halogens is 1. The first-order valence-corrected chi connectivity index (χ1v) is 13.0. The zero-order valence-corrected chi connectivity index (χ0v) is 21.0. The fourth-order valence-corrected chi connectivity index (χ4v) is 5.33. The Balaban J connectivity index is 1.42. The molecule has 5 heterocycles. The average Bonchev–Trinajstić information content (AvgIpc) is 3.34. The van der Waals surface area contributed by atoms with Crippen molar-refractivity contribution < 1.29 is 13.9 Å². The van der Waals surface area contributed by atoms with Gasteiger partial charge in [-0.2, -0.15) is 0 Å². The van der Waals surface area contributed by atoms with E-state index in [1.54, 1.807) is 12.1 Å². The van der Waals surface area contributed by atoms with E-state index >= 15 is 0 Å². The molecule has 0 bridgehead atoms. The number of piperazine rings is 1. The molecule has 8 nitrogen and oxygen atoms in total. The lowest BCUT2D eigenvalue weighted by Gasteiger charge is -2.34. The number of aliphatic hydroxyl groups excluding tert-OH is 1. The van der Waals surface area contributed by atoms with Gasteiger partial charge < -0.3 is 24.2 Å². The van der Waals surface area contributed by atoms with Gasteiger partial charge >= 0.3 is 0 Å². The van der Waals surface area contributed by atoms with Gasteiger partial charge in [0.2, 0.25) is 5.71 Å². The quantitative estimate of drug-likeness (QED) is 0.435. The lowest BCUT2D eigenvalue weighted by molar-refractivity contribution is 0.145. The number of pyridine rings is 1. The normalized spacial score (nSPS) is 17.6. The number of benzene rings is 1. The van der Waals surface area contributed by atoms with Gasteiger partial charge in [0.05, 0.1) is 11.5 Å². The lowest BCUT2D eigenvalue weighted by Crippen LogP contribution is -2.46. The molecule has 1 aromatic carbocycles. The molecule has 2 fully saturated rings. The number of nitrogens with zero attached hydrogens (tertiary/aromatic N) is 6. The first-order chi connectivity index (χ1) is 18.1. The zero-order chi connectivity index (χ0) is 25.4. The van der Waals surface area contributed by atoms with Crippen molar-refractivity contribution in [1.82, 2.24) is 19.9 Å². The third-order valence-electron chi connectivity index (χ3n) is 7.52. The molecule has 37 heavy (non-hydrogen) atoms. The Kier molecular flexibility index (Phi) is 6.48. The molecule has 0 aliphatic carbocycles. The minimum Gasteiger partial charge on any atom is -0.437 e. The molecular weight excluding hydrogens is 471 g/mol. The van der Waals surface area contributed by atoms with E-state index in [9.17, 15) is 9.50 Å². The third-order valence-corrected chi connectivity index (χ3v) is 7.52. The average molecular weight is 503 g/mol. The van der Waals surface area contributed by atoms with E-state index in [4.69, 9.17) is 9.40 Å². The molecule has 6 rings (SSSR count). The van der Waals surface area contributed by atoms with E-state index < -0.39 is 0 Å². The van der Waals surface area contributed by atoms with Gasteiger partial charge in [0.25, 0.3) is 0 Å². The van der Waals surface area contributed by atoms with Crippen LogP contribution in [-0.4, -0.2) is 76.9 Å². The predicted octanol–water partition coefficient (Wildman–Crippen LogP) is 4.19. The van der Waals surface area contributed by atoms with Crippen molar-refractivity contribution >= 4 is 22.7 Å². The SMILES string of the molecule is CCN1CCN(c2ccc(-c3oc4ncnc(N5CCC(O)CC5)c4c3-c3ccc(F)cc3)cn2)CC1. The van der Waals surface area contributed by atoms with Crippen LogP contribution in [0.2, 0.25) is 0 Å². The van der Waals surface area contributed by atoms with Crippen LogP contribution in [-0.2, 0) is 0 Å². The standard InChI is InChI=1S/C28H31FN6O2/c1-2-33-13-15-34(16-14-33)23-8-5-20(17-30-23)26-24(19-3-6-21(29)7-4-19)25-27(31-18-32-28(25)37-26)35-11-9-22(36)10-12-35/h3-8,17-18,22,36H,2,9-16H2,1H3. The molecule has 2 aliphatic heterocycles. The smallest absolute Gasteiger partial charge is 0.232 e. The van der Waals surface area contributed by atoms with Crippen molar-refractivity contribution in [2.45, 2.75) is 25.9 Å². The number of anilines is 2. The first kappa shape index (κ1) is 23.8. The predicted molar refractivity (Wildman–Crippen MR) is 142 cm³/mol. The summed E-state index contributed by atoms with van der Waals surface area (Å²) in [5.74, 6) is 2.06. The molecule has 0 spiro atoms. The lowest BCUT2D eigenvalue weighted by atomic mass is 9.99. The summed E-state index contributed by atoms with van der Waals surface area (Å²) in [5, 5.41) is 10.8. The number of likely N-dealkylation sites (N-methyl/N-ethyl adjacent to an activating group) is 1. The maximum atomic E-state index is 13.8. The Hall–Kier alpha value is -3.56. The first-order valence-electron chi connectivity index (χ1n) is 13.0. The zero-order valence-electron chi connectivity index (χ0n) is 21.0. The summed E-state index contributed by atoms with van der Waals surface area (Å²) in [6.07, 6.45) is 4.43. The fourth-order valence-electron chi connectivity index (χ4n) is 5.33. The van der Waals surface area contributed by atoms with Crippen LogP contribution in [0.4, 0.5) is 16.0 Å². The topological polar surface area (TPSA) is 81.8 Å². The second kappa shape index (κ2) is 10.1. The fraction of sp³-hybridized carbons (Fsp3) is 0.393. The minimum atomic E-state index is -0.297. The summed E-state index contributed by atoms with van der Waals surface area (Å²) in [6, 6.07) is 10.5. The van der Waals surface area contributed by atoms with Gasteiger partial charge in [0.15, 0.2) is 0 Å². The molecular formula is C28H31FN6O2. The summed E-state index contributed by atoms with van der Waals surface area (Å²) in [7, 11) is 0. The van der Waals surface area contributed by atoms with E-state index in [1.165, 1.54) is 18.5 Å². The molecule has 2 saturated heterocycles. The molecule has 192 valence electrons. The van der Waals surface area contributed by atoms with Crippen molar-refractivity contribution in [3.8, 4) is 22.5 Å². The Labute approximate surface area is 215 Å². The van der Waals surface area contributed by atoms with Crippen LogP contribution < -0.4 is 9.80 Å². The molecule has 2 aliphatic rings. The molecule has 0 unspecified atom stereocenters. The number of piperidine rings is 1. The minimum absolute atomic E-state index is 0.292. The Morgan fingerprint density at radius 2 is 1.62 bits per heavy atom. The van der Waals surface area contributed by atoms with Crippen molar-refractivity contribution in [3.63, 3.8) is 0 Å². The van der Waals surface area contributed by atoms with E-state index in [-0.39, 0.29) is 11.9 Å². The largest absolute Gasteiger partial charge is 0.437 e. The molecule has 9 heteroatoms. The molecule has 0 amide bonds. The second-order valence-electron chi connectivity index (χ2n) is 9.74. The van der Waals surface area contributed by atoms with Gasteiger partial charge in [0, 0.05) is 56.6 Å². The molecule has 1 N–H and O–H groups in total. The van der Waals surface area contributed by atoms with Crippen molar-refractivity contribution in [3.05, 3.63) is 54.7 Å². The van der Waals surface area contributed by atoms with E-state index in [0.717, 1.165) is 66.4 Å². The number of aromatic nitrogens is 3. The van der Waals surface area contributed by atoms with Crippen LogP contribution in [0.1, 0.15) is 19.8 Å². The number of fused-ring (bicyclic) bond motifs is 1. The number of aliphatic hydroxyl groups is 1. The highest BCUT2D eigenvalue weighted by atomic mass is 19.1. The van der Waals surface area contributed by atoms with Crippen LogP contribution in [0.25, 0.3) is 33.6 Å². The van der Waals surface area contributed by atoms with Crippen LogP contribution in [0, 0.1) is 5.82 Å². The van der Waals surface area contributed by atoms with E-state index in [0.29, 0.717) is 37.4 Å². The second-order valence-corrected chi connectivity index (χ2v) is 9.74. The van der Waals surface area contributed by atoms with Crippen molar-refractivity contribution in [2.75, 3.05) is 55.6 Å². The molecule has 4 aromatic rings. The summed E-state index contributed by atoms with van der Waals surface area (Å²) in [6.45, 7) is 8.63. The van der Waals surface area contributed by atoms with Crippen LogP contribution >= 0.6 is 0 Å². The van der Waals surface area contributed by atoms with E-state index in [1.807, 2.05) is 18.3 Å². The summed E-state index contributed by atoms with van der Waals surface area (Å²) >= 11 is 0. The number of hydrogen-bond donors (Lipinski definition) is 1. The third kappa shape index (κ3) is 4.65. The van der Waals surface area contributed by atoms with E-state index in [2.05, 4.69) is 31.6 Å². The number of hydrogen-bond acceptors (Lipinski definition) is 8. The Morgan fingerprint density at radius 1 is 0.892 bits per heavy atom. The van der Waals surface area contributed by atoms with Gasteiger partial charge in [-0.3, -0.25) is 0 Å². The summed E-state index contributed by atoms with van der Waals surface area (Å²) < 4.78 is 20.2. The van der Waals surface area contributed by atoms with Gasteiger partial charge in [-0.1, -0.05) is 19.1 Å². The monoisotopic (exact) mass is 502 g/mol. The van der Waals surface area contributed by atoms with Crippen LogP contribution in [0.5, 0.6) is 0 Å². The molecule has 3 aromatic heterocycles. The number of rotatable bonds is 5. The highest BCUT2D eigenvalue weighted by molar-refractivity contribution is 6.06. The van der Waals surface area contributed by atoms with Crippen LogP contribution in [0.3, 0.4) is 0 Å². The molecule has 0 radical (unpaired) electrons. The molecule has 0 saturated carbocycles. The van der Waals surface area contributed by atoms with Gasteiger partial charge in [-0.25, -0.2) is 19.3 Å². The Bertz CT molecular complexity index is 1360. The Morgan fingerprint density at radius 3 is 2.30 bits per heavy atom. The summed E-state index contributed by atoms with van der Waals surface area (Å²) in [4.78, 5) is 20.8. The summed E-state index contributed by atoms with van der Waals surface area (Å²) in [5.41, 5.74) is 2.95. The van der Waals surface area contributed by atoms with Gasteiger partial charge in [0.1, 0.15) is 29.5 Å². The highest BCUT2D eigenvalue weighted by Crippen LogP contribution is 2.43. The van der Waals surface area contributed by atoms with Crippen LogP contribution in [0.15, 0.2) is 53.3 Å². The van der Waals surface area contributed by atoms with Gasteiger partial charge in [-0.15, -0.1) is 0 Å².